The number of carbonyl (C=O) groups is 2. The third-order valence-electron chi connectivity index (χ3n) is 3.51. The number of aromatic nitrogens is 2. The maximum absolute atomic E-state index is 12.1. The smallest absolute Gasteiger partial charge is 0.323 e. The van der Waals surface area contributed by atoms with Gasteiger partial charge in [-0.3, -0.25) is 14.9 Å². The molecule has 1 aliphatic rings. The average Bonchev–Trinajstić information content (AvgIpc) is 2.80. The number of carbonyl (C=O) groups excluding carboxylic acids is 2. The van der Waals surface area contributed by atoms with Gasteiger partial charge < -0.3 is 5.21 Å². The molecule has 0 unspecified atom stereocenters. The van der Waals surface area contributed by atoms with Crippen LogP contribution in [0.5, 0.6) is 0 Å². The summed E-state index contributed by atoms with van der Waals surface area (Å²) in [5.74, 6) is -0.476. The molecule has 0 aliphatic heterocycles. The van der Waals surface area contributed by atoms with Gasteiger partial charge in [0.15, 0.2) is 17.1 Å². The molecule has 6 nitrogen and oxygen atoms in total. The Morgan fingerprint density at radius 3 is 2.91 bits per heavy atom. The molecular weight excluding hydrogens is 302 g/mol. The van der Waals surface area contributed by atoms with Gasteiger partial charge in [0.1, 0.15) is 0 Å². The first-order valence-corrected chi connectivity index (χ1v) is 7.70. The molecule has 0 radical (unpaired) electrons. The number of thiazole rings is 1. The molecule has 7 heteroatoms. The Morgan fingerprint density at radius 2 is 2.18 bits per heavy atom. The molecule has 114 valence electrons. The minimum absolute atomic E-state index is 0.0117. The van der Waals surface area contributed by atoms with Gasteiger partial charge in [-0.05, 0) is 17.9 Å². The fourth-order valence-electron chi connectivity index (χ4n) is 2.54. The monoisotopic (exact) mass is 317 g/mol. The molecule has 0 atom stereocenters. The van der Waals surface area contributed by atoms with E-state index >= 15 is 0 Å². The number of fused-ring (bicyclic) bond motifs is 1. The van der Waals surface area contributed by atoms with E-state index in [2.05, 4.69) is 10.3 Å². The predicted molar refractivity (Wildman–Crippen MR) is 81.9 cm³/mol. The summed E-state index contributed by atoms with van der Waals surface area (Å²) in [6.45, 7) is 4.05. The Morgan fingerprint density at radius 1 is 1.41 bits per heavy atom. The number of Topliss-reactive ketones (excluding diaryl/α,β-unsaturated/α-hetero) is 1. The van der Waals surface area contributed by atoms with E-state index in [0.717, 1.165) is 5.69 Å². The van der Waals surface area contributed by atoms with Crippen LogP contribution in [0, 0.1) is 10.6 Å². The zero-order valence-corrected chi connectivity index (χ0v) is 13.1. The Labute approximate surface area is 131 Å². The second kappa shape index (κ2) is 5.17. The summed E-state index contributed by atoms with van der Waals surface area (Å²) in [4.78, 5) is 29.2. The normalized spacial score (nSPS) is 16.2. The molecule has 0 saturated carbocycles. The first-order chi connectivity index (χ1) is 10.4. The second-order valence-corrected chi connectivity index (χ2v) is 7.10. The molecular formula is C15H15N3O3S. The lowest BCUT2D eigenvalue weighted by Crippen LogP contribution is -2.36. The summed E-state index contributed by atoms with van der Waals surface area (Å²) in [7, 11) is 0. The fourth-order valence-corrected chi connectivity index (χ4v) is 3.45. The first kappa shape index (κ1) is 14.6. The molecule has 2 heterocycles. The zero-order chi connectivity index (χ0) is 15.9. The maximum atomic E-state index is 12.1. The van der Waals surface area contributed by atoms with Gasteiger partial charge in [0.2, 0.25) is 0 Å². The summed E-state index contributed by atoms with van der Waals surface area (Å²) in [5.41, 5.74) is 0.601. The highest BCUT2D eigenvalue weighted by Crippen LogP contribution is 2.38. The van der Waals surface area contributed by atoms with Crippen molar-refractivity contribution in [3.8, 4) is 0 Å². The van der Waals surface area contributed by atoms with Crippen molar-refractivity contribution in [2.75, 3.05) is 5.32 Å². The Bertz CT molecular complexity index is 767. The van der Waals surface area contributed by atoms with Gasteiger partial charge in [-0.1, -0.05) is 25.2 Å². The van der Waals surface area contributed by atoms with Gasteiger partial charge in [-0.2, -0.15) is 4.73 Å². The molecule has 1 N–H and O–H groups in total. The maximum Gasteiger partial charge on any atom is 0.323 e. The largest absolute Gasteiger partial charge is 0.618 e. The van der Waals surface area contributed by atoms with Gasteiger partial charge in [0, 0.05) is 18.6 Å². The predicted octanol–water partition coefficient (Wildman–Crippen LogP) is 2.18. The van der Waals surface area contributed by atoms with E-state index in [9.17, 15) is 14.8 Å². The minimum Gasteiger partial charge on any atom is -0.618 e. The molecule has 0 bridgehead atoms. The van der Waals surface area contributed by atoms with Crippen LogP contribution in [0.25, 0.3) is 0 Å². The molecule has 0 fully saturated rings. The van der Waals surface area contributed by atoms with E-state index in [1.54, 1.807) is 12.1 Å². The molecule has 1 aliphatic carbocycles. The number of nitrogens with zero attached hydrogens (tertiary/aromatic N) is 2. The number of ketones is 1. The van der Waals surface area contributed by atoms with Crippen LogP contribution in [-0.2, 0) is 6.42 Å². The number of amides is 1. The first-order valence-electron chi connectivity index (χ1n) is 6.88. The van der Waals surface area contributed by atoms with Crippen LogP contribution in [0.2, 0.25) is 0 Å². The lowest BCUT2D eigenvalue weighted by molar-refractivity contribution is -0.607. The van der Waals surface area contributed by atoms with Crippen LogP contribution < -0.4 is 10.0 Å². The molecule has 0 spiro atoms. The number of nitrogens with one attached hydrogen (secondary N) is 1. The van der Waals surface area contributed by atoms with Crippen molar-refractivity contribution in [1.82, 2.24) is 4.98 Å². The average molecular weight is 317 g/mol. The van der Waals surface area contributed by atoms with Crippen LogP contribution in [-0.4, -0.2) is 16.7 Å². The lowest BCUT2D eigenvalue weighted by Gasteiger charge is -2.26. The SMILES string of the molecule is CC1(C)CC(=O)c2sc(NC(=O)c3cccc[n+]3[O-])nc2C1. The number of pyridine rings is 1. The van der Waals surface area contributed by atoms with Crippen molar-refractivity contribution in [2.45, 2.75) is 26.7 Å². The standard InChI is InChI=1S/C15H15N3O3S/c1-15(2)7-9-12(11(19)8-15)22-14(16-9)17-13(20)10-5-3-4-6-18(10)21/h3-6H,7-8H2,1-2H3,(H,16,17,20). The fraction of sp³-hybridized carbons (Fsp3) is 0.333. The second-order valence-electron chi connectivity index (χ2n) is 6.10. The van der Waals surface area contributed by atoms with E-state index in [0.29, 0.717) is 27.6 Å². The van der Waals surface area contributed by atoms with Crippen molar-refractivity contribution in [3.63, 3.8) is 0 Å². The van der Waals surface area contributed by atoms with E-state index in [1.165, 1.54) is 23.6 Å². The third kappa shape index (κ3) is 2.71. The van der Waals surface area contributed by atoms with Gasteiger partial charge in [0.25, 0.3) is 5.69 Å². The van der Waals surface area contributed by atoms with E-state index in [4.69, 9.17) is 0 Å². The zero-order valence-electron chi connectivity index (χ0n) is 12.3. The highest BCUT2D eigenvalue weighted by molar-refractivity contribution is 7.17. The summed E-state index contributed by atoms with van der Waals surface area (Å²) < 4.78 is 0.497. The van der Waals surface area contributed by atoms with Crippen LogP contribution >= 0.6 is 11.3 Å². The molecule has 2 aromatic rings. The van der Waals surface area contributed by atoms with Crippen LogP contribution in [0.4, 0.5) is 5.13 Å². The number of anilines is 1. The van der Waals surface area contributed by atoms with Gasteiger partial charge >= 0.3 is 5.91 Å². The van der Waals surface area contributed by atoms with Crippen LogP contribution in [0.3, 0.4) is 0 Å². The lowest BCUT2D eigenvalue weighted by atomic mass is 9.78. The van der Waals surface area contributed by atoms with Gasteiger partial charge in [-0.25, -0.2) is 4.98 Å². The minimum atomic E-state index is -0.534. The van der Waals surface area contributed by atoms with Crippen molar-refractivity contribution in [3.05, 3.63) is 45.9 Å². The summed E-state index contributed by atoms with van der Waals surface area (Å²) in [5, 5.41) is 14.5. The molecule has 3 rings (SSSR count). The molecule has 22 heavy (non-hydrogen) atoms. The number of rotatable bonds is 2. The van der Waals surface area contributed by atoms with E-state index in [1.807, 2.05) is 13.8 Å². The van der Waals surface area contributed by atoms with Crippen molar-refractivity contribution < 1.29 is 14.3 Å². The highest BCUT2D eigenvalue weighted by Gasteiger charge is 2.34. The Kier molecular flexibility index (Phi) is 3.44. The summed E-state index contributed by atoms with van der Waals surface area (Å²) in [6, 6.07) is 4.60. The summed E-state index contributed by atoms with van der Waals surface area (Å²) in [6.07, 6.45) is 2.44. The summed E-state index contributed by atoms with van der Waals surface area (Å²) >= 11 is 1.17. The molecule has 0 aromatic carbocycles. The molecule has 2 aromatic heterocycles. The van der Waals surface area contributed by atoms with Gasteiger partial charge in [-0.15, -0.1) is 0 Å². The van der Waals surface area contributed by atoms with E-state index < -0.39 is 5.91 Å². The Hall–Kier alpha value is -2.28. The topological polar surface area (TPSA) is 86.0 Å². The Balaban J connectivity index is 1.85. The highest BCUT2D eigenvalue weighted by atomic mass is 32.1. The van der Waals surface area contributed by atoms with Crippen LogP contribution in [0.15, 0.2) is 24.4 Å². The molecule has 1 amide bonds. The number of hydrogen-bond donors (Lipinski definition) is 1. The van der Waals surface area contributed by atoms with Crippen molar-refractivity contribution in [2.24, 2.45) is 5.41 Å². The quantitative estimate of drug-likeness (QED) is 0.679. The van der Waals surface area contributed by atoms with Crippen molar-refractivity contribution >= 4 is 28.2 Å². The van der Waals surface area contributed by atoms with Crippen LogP contribution in [0.1, 0.15) is 46.1 Å². The van der Waals surface area contributed by atoms with Crippen molar-refractivity contribution in [1.29, 1.82) is 0 Å². The van der Waals surface area contributed by atoms with E-state index in [-0.39, 0.29) is 16.9 Å². The molecule has 0 saturated heterocycles. The third-order valence-corrected chi connectivity index (χ3v) is 4.57. The van der Waals surface area contributed by atoms with Gasteiger partial charge in [0.05, 0.1) is 10.6 Å². The number of hydrogen-bond acceptors (Lipinski definition) is 5.